The molecule has 0 aliphatic carbocycles. The first-order valence-electron chi connectivity index (χ1n) is 5.85. The van der Waals surface area contributed by atoms with Crippen LogP contribution in [-0.2, 0) is 0 Å². The van der Waals surface area contributed by atoms with Gasteiger partial charge in [0.1, 0.15) is 11.6 Å². The lowest BCUT2D eigenvalue weighted by Gasteiger charge is -2.09. The Balaban J connectivity index is 2.34. The van der Waals surface area contributed by atoms with Crippen LogP contribution < -0.4 is 0 Å². The Bertz CT molecular complexity index is 535. The maximum atomic E-state index is 13.6. The molecule has 0 aliphatic rings. The molecule has 2 aromatic rings. The molecule has 0 unspecified atom stereocenters. The van der Waals surface area contributed by atoms with Gasteiger partial charge in [0.25, 0.3) is 0 Å². The van der Waals surface area contributed by atoms with Crippen LogP contribution in [0.1, 0.15) is 25.0 Å². The van der Waals surface area contributed by atoms with Crippen LogP contribution in [0.4, 0.5) is 8.78 Å². The highest BCUT2D eigenvalue weighted by Crippen LogP contribution is 2.25. The van der Waals surface area contributed by atoms with Gasteiger partial charge in [0.2, 0.25) is 0 Å². The van der Waals surface area contributed by atoms with Crippen molar-refractivity contribution in [2.45, 2.75) is 19.4 Å². The van der Waals surface area contributed by atoms with Crippen molar-refractivity contribution in [2.75, 3.05) is 0 Å². The highest BCUT2D eigenvalue weighted by Gasteiger charge is 2.08. The maximum Gasteiger partial charge on any atom is 0.133 e. The number of benzene rings is 2. The van der Waals surface area contributed by atoms with Gasteiger partial charge in [-0.25, -0.2) is 8.78 Å². The summed E-state index contributed by atoms with van der Waals surface area (Å²) in [7, 11) is 0. The molecular formula is C15H14F2O. The van der Waals surface area contributed by atoms with E-state index in [1.165, 1.54) is 12.1 Å². The van der Waals surface area contributed by atoms with E-state index < -0.39 is 17.7 Å². The molecule has 0 fully saturated rings. The molecule has 0 bridgehead atoms. The molecular weight excluding hydrogens is 234 g/mol. The van der Waals surface area contributed by atoms with E-state index >= 15 is 0 Å². The predicted molar refractivity (Wildman–Crippen MR) is 67.0 cm³/mol. The molecule has 2 rings (SSSR count). The molecule has 0 aliphatic heterocycles. The monoisotopic (exact) mass is 248 g/mol. The highest BCUT2D eigenvalue weighted by molar-refractivity contribution is 5.64. The molecule has 18 heavy (non-hydrogen) atoms. The van der Waals surface area contributed by atoms with Crippen LogP contribution in [0.2, 0.25) is 0 Å². The van der Waals surface area contributed by atoms with Gasteiger partial charge in [0, 0.05) is 11.6 Å². The first-order valence-corrected chi connectivity index (χ1v) is 5.85. The van der Waals surface area contributed by atoms with Crippen LogP contribution in [0.15, 0.2) is 42.5 Å². The Morgan fingerprint density at radius 2 is 1.72 bits per heavy atom. The summed E-state index contributed by atoms with van der Waals surface area (Å²) in [5, 5.41) is 9.66. The molecule has 1 nitrogen and oxygen atoms in total. The van der Waals surface area contributed by atoms with Crippen LogP contribution in [0.3, 0.4) is 0 Å². The van der Waals surface area contributed by atoms with Gasteiger partial charge < -0.3 is 5.11 Å². The van der Waals surface area contributed by atoms with Crippen molar-refractivity contribution in [3.05, 3.63) is 59.7 Å². The summed E-state index contributed by atoms with van der Waals surface area (Å²) in [5.74, 6) is -1.17. The van der Waals surface area contributed by atoms with Crippen molar-refractivity contribution in [3.63, 3.8) is 0 Å². The lowest BCUT2D eigenvalue weighted by Crippen LogP contribution is -1.94. The van der Waals surface area contributed by atoms with Crippen molar-refractivity contribution >= 4 is 0 Å². The minimum absolute atomic E-state index is 0.355. The second kappa shape index (κ2) is 5.27. The van der Waals surface area contributed by atoms with E-state index in [1.54, 1.807) is 24.3 Å². The molecule has 0 amide bonds. The van der Waals surface area contributed by atoms with Gasteiger partial charge in [-0.05, 0) is 29.7 Å². The number of hydrogen-bond acceptors (Lipinski definition) is 1. The number of halogens is 2. The Morgan fingerprint density at radius 3 is 2.28 bits per heavy atom. The fraction of sp³-hybridized carbons (Fsp3) is 0.200. The third-order valence-electron chi connectivity index (χ3n) is 2.92. The zero-order valence-electron chi connectivity index (χ0n) is 10.0. The van der Waals surface area contributed by atoms with E-state index in [0.29, 0.717) is 17.5 Å². The minimum Gasteiger partial charge on any atom is -0.388 e. The molecule has 94 valence electrons. The molecule has 0 spiro atoms. The summed E-state index contributed by atoms with van der Waals surface area (Å²) in [5.41, 5.74) is 1.82. The third kappa shape index (κ3) is 2.57. The number of aliphatic hydroxyl groups is 1. The zero-order valence-corrected chi connectivity index (χ0v) is 10.0. The van der Waals surface area contributed by atoms with Gasteiger partial charge in [-0.1, -0.05) is 31.2 Å². The minimum atomic E-state index is -0.589. The van der Waals surface area contributed by atoms with Crippen molar-refractivity contribution in [1.82, 2.24) is 0 Å². The van der Waals surface area contributed by atoms with Crippen molar-refractivity contribution < 1.29 is 13.9 Å². The standard InChI is InChI=1S/C15H14F2O/c1-2-15(18)11-5-3-10(4-6-11)13-8-7-12(16)9-14(13)17/h3-9,15,18H,2H2,1H3/t15-/m0/s1. The number of hydrogen-bond donors (Lipinski definition) is 1. The average Bonchev–Trinajstić information content (AvgIpc) is 2.38. The second-order valence-electron chi connectivity index (χ2n) is 4.17. The van der Waals surface area contributed by atoms with Crippen molar-refractivity contribution in [1.29, 1.82) is 0 Å². The van der Waals surface area contributed by atoms with Crippen LogP contribution in [0, 0.1) is 11.6 Å². The van der Waals surface area contributed by atoms with Gasteiger partial charge in [-0.2, -0.15) is 0 Å². The van der Waals surface area contributed by atoms with E-state index in [-0.39, 0.29) is 0 Å². The van der Waals surface area contributed by atoms with E-state index in [9.17, 15) is 13.9 Å². The SMILES string of the molecule is CC[C@H](O)c1ccc(-c2ccc(F)cc2F)cc1. The van der Waals surface area contributed by atoms with Crippen LogP contribution >= 0.6 is 0 Å². The van der Waals surface area contributed by atoms with Crippen LogP contribution in [0.5, 0.6) is 0 Å². The zero-order chi connectivity index (χ0) is 13.1. The second-order valence-corrected chi connectivity index (χ2v) is 4.17. The first kappa shape index (κ1) is 12.7. The summed E-state index contributed by atoms with van der Waals surface area (Å²) < 4.78 is 26.4. The van der Waals surface area contributed by atoms with Gasteiger partial charge >= 0.3 is 0 Å². The summed E-state index contributed by atoms with van der Waals surface area (Å²) >= 11 is 0. The van der Waals surface area contributed by atoms with Gasteiger partial charge in [0.15, 0.2) is 0 Å². The molecule has 0 saturated heterocycles. The lowest BCUT2D eigenvalue weighted by molar-refractivity contribution is 0.173. The van der Waals surface area contributed by atoms with Crippen molar-refractivity contribution in [3.8, 4) is 11.1 Å². The summed E-state index contributed by atoms with van der Waals surface area (Å²) in [6.07, 6.45) is 0.127. The lowest BCUT2D eigenvalue weighted by atomic mass is 10.0. The number of aliphatic hydroxyl groups excluding tert-OH is 1. The average molecular weight is 248 g/mol. The van der Waals surface area contributed by atoms with E-state index in [4.69, 9.17) is 0 Å². The molecule has 1 N–H and O–H groups in total. The first-order chi connectivity index (χ1) is 8.61. The van der Waals surface area contributed by atoms with Crippen LogP contribution in [-0.4, -0.2) is 5.11 Å². The van der Waals surface area contributed by atoms with E-state index in [2.05, 4.69) is 0 Å². The Kier molecular flexibility index (Phi) is 3.72. The van der Waals surface area contributed by atoms with E-state index in [1.807, 2.05) is 6.92 Å². The topological polar surface area (TPSA) is 20.2 Å². The van der Waals surface area contributed by atoms with Gasteiger partial charge in [-0.15, -0.1) is 0 Å². The van der Waals surface area contributed by atoms with Gasteiger partial charge in [0.05, 0.1) is 6.10 Å². The molecule has 1 atom stereocenters. The molecule has 3 heteroatoms. The molecule has 2 aromatic carbocycles. The smallest absolute Gasteiger partial charge is 0.133 e. The molecule has 0 saturated carbocycles. The molecule has 0 aromatic heterocycles. The normalized spacial score (nSPS) is 12.4. The summed E-state index contributed by atoms with van der Waals surface area (Å²) in [6, 6.07) is 10.5. The third-order valence-corrected chi connectivity index (χ3v) is 2.92. The van der Waals surface area contributed by atoms with Gasteiger partial charge in [-0.3, -0.25) is 0 Å². The van der Waals surface area contributed by atoms with Crippen molar-refractivity contribution in [2.24, 2.45) is 0 Å². The summed E-state index contributed by atoms with van der Waals surface area (Å²) in [4.78, 5) is 0. The Morgan fingerprint density at radius 1 is 1.06 bits per heavy atom. The predicted octanol–water partition coefficient (Wildman–Crippen LogP) is 4.08. The fourth-order valence-electron chi connectivity index (χ4n) is 1.84. The fourth-order valence-corrected chi connectivity index (χ4v) is 1.84. The largest absolute Gasteiger partial charge is 0.388 e. The number of rotatable bonds is 3. The summed E-state index contributed by atoms with van der Waals surface area (Å²) in [6.45, 7) is 1.89. The van der Waals surface area contributed by atoms with E-state index in [0.717, 1.165) is 11.6 Å². The highest BCUT2D eigenvalue weighted by atomic mass is 19.1. The molecule has 0 heterocycles. The maximum absolute atomic E-state index is 13.6. The molecule has 0 radical (unpaired) electrons. The quantitative estimate of drug-likeness (QED) is 0.867. The Labute approximate surface area is 105 Å². The van der Waals surface area contributed by atoms with Crippen LogP contribution in [0.25, 0.3) is 11.1 Å². The Hall–Kier alpha value is -1.74.